The van der Waals surface area contributed by atoms with E-state index >= 15 is 0 Å². The summed E-state index contributed by atoms with van der Waals surface area (Å²) in [7, 11) is -3.06. The lowest BCUT2D eigenvalue weighted by Crippen LogP contribution is -2.46. The Hall–Kier alpha value is -1.08. The van der Waals surface area contributed by atoms with Crippen molar-refractivity contribution < 1.29 is 9.53 Å². The topological polar surface area (TPSA) is 38.3 Å². The van der Waals surface area contributed by atoms with Crippen molar-refractivity contribution >= 4 is 27.6 Å². The molecule has 1 aromatic rings. The van der Waals surface area contributed by atoms with Gasteiger partial charge in [-0.3, -0.25) is 0 Å². The van der Waals surface area contributed by atoms with Gasteiger partial charge in [-0.05, 0) is 19.1 Å². The van der Waals surface area contributed by atoms with Crippen LogP contribution in [-0.4, -0.2) is 22.4 Å². The lowest BCUT2D eigenvalue weighted by atomic mass is 10.2. The van der Waals surface area contributed by atoms with Gasteiger partial charge in [-0.2, -0.15) is 0 Å². The van der Waals surface area contributed by atoms with Crippen LogP contribution in [0.25, 0.3) is 0 Å². The summed E-state index contributed by atoms with van der Waals surface area (Å²) >= 11 is 0. The molecule has 0 aliphatic rings. The SMILES string of the molecule is Cc1ccc(OC(=O)N[Si](C)(C)C)cc1[Si](C)(C)C. The molecule has 106 valence electrons. The fourth-order valence-corrected chi connectivity index (χ4v) is 4.42. The average Bonchev–Trinajstić information content (AvgIpc) is 2.16. The third-order valence-electron chi connectivity index (χ3n) is 2.70. The van der Waals surface area contributed by atoms with Gasteiger partial charge in [-0.15, -0.1) is 0 Å². The fourth-order valence-electron chi connectivity index (χ4n) is 1.91. The Balaban J connectivity index is 2.89. The number of carbonyl (C=O) groups excluding carboxylic acids is 1. The first-order chi connectivity index (χ1) is 8.49. The zero-order valence-corrected chi connectivity index (χ0v) is 15.0. The molecule has 0 saturated carbocycles. The van der Waals surface area contributed by atoms with E-state index in [4.69, 9.17) is 4.74 Å². The van der Waals surface area contributed by atoms with Crippen LogP contribution in [0.5, 0.6) is 5.75 Å². The summed E-state index contributed by atoms with van der Waals surface area (Å²) in [4.78, 5) is 14.7. The number of rotatable bonds is 3. The number of carbonyl (C=O) groups is 1. The van der Waals surface area contributed by atoms with Gasteiger partial charge in [0.25, 0.3) is 0 Å². The normalized spacial score (nSPS) is 12.2. The highest BCUT2D eigenvalue weighted by Crippen LogP contribution is 2.15. The number of hydrogen-bond acceptors (Lipinski definition) is 2. The highest BCUT2D eigenvalue weighted by molar-refractivity contribution is 6.89. The van der Waals surface area contributed by atoms with E-state index in [1.807, 2.05) is 18.2 Å². The lowest BCUT2D eigenvalue weighted by Gasteiger charge is -2.21. The lowest BCUT2D eigenvalue weighted by molar-refractivity contribution is 0.206. The van der Waals surface area contributed by atoms with Crippen LogP contribution in [0.15, 0.2) is 18.2 Å². The van der Waals surface area contributed by atoms with Crippen molar-refractivity contribution in [3.05, 3.63) is 23.8 Å². The Morgan fingerprint density at radius 2 is 1.68 bits per heavy atom. The first kappa shape index (κ1) is 16.0. The molecule has 0 radical (unpaired) electrons. The second kappa shape index (κ2) is 5.50. The van der Waals surface area contributed by atoms with Crippen molar-refractivity contribution in [2.75, 3.05) is 0 Å². The molecule has 5 heteroatoms. The summed E-state index contributed by atoms with van der Waals surface area (Å²) in [6.07, 6.45) is -0.343. The van der Waals surface area contributed by atoms with E-state index in [9.17, 15) is 4.79 Å². The first-order valence-electron chi connectivity index (χ1n) is 6.60. The van der Waals surface area contributed by atoms with Crippen LogP contribution in [-0.2, 0) is 0 Å². The van der Waals surface area contributed by atoms with Crippen LogP contribution in [0.1, 0.15) is 5.56 Å². The van der Waals surface area contributed by atoms with Crippen LogP contribution in [0.4, 0.5) is 4.79 Å². The van der Waals surface area contributed by atoms with Crippen LogP contribution >= 0.6 is 0 Å². The molecule has 1 aromatic carbocycles. The van der Waals surface area contributed by atoms with Gasteiger partial charge in [-0.1, -0.05) is 56.1 Å². The first-order valence-corrected chi connectivity index (χ1v) is 13.6. The summed E-state index contributed by atoms with van der Waals surface area (Å²) in [5.41, 5.74) is 1.28. The molecule has 3 nitrogen and oxygen atoms in total. The van der Waals surface area contributed by atoms with Gasteiger partial charge >= 0.3 is 6.09 Å². The molecule has 0 aliphatic heterocycles. The molecule has 1 amide bonds. The van der Waals surface area contributed by atoms with Gasteiger partial charge in [0, 0.05) is 0 Å². The molecule has 19 heavy (non-hydrogen) atoms. The van der Waals surface area contributed by atoms with Crippen LogP contribution < -0.4 is 14.9 Å². The smallest absolute Gasteiger partial charge is 0.404 e. The van der Waals surface area contributed by atoms with Gasteiger partial charge in [0.1, 0.15) is 5.75 Å². The molecular weight excluding hydrogens is 270 g/mol. The fraction of sp³-hybridized carbons (Fsp3) is 0.500. The van der Waals surface area contributed by atoms with E-state index in [1.54, 1.807) is 0 Å². The van der Waals surface area contributed by atoms with E-state index in [-0.39, 0.29) is 6.09 Å². The third kappa shape index (κ3) is 5.20. The molecule has 0 bridgehead atoms. The maximum atomic E-state index is 11.8. The van der Waals surface area contributed by atoms with E-state index in [1.165, 1.54) is 10.8 Å². The van der Waals surface area contributed by atoms with Crippen molar-refractivity contribution in [3.63, 3.8) is 0 Å². The Morgan fingerprint density at radius 3 is 2.16 bits per heavy atom. The second-order valence-corrected chi connectivity index (χ2v) is 16.8. The number of hydrogen-bond donors (Lipinski definition) is 1. The number of ether oxygens (including phenoxy) is 1. The summed E-state index contributed by atoms with van der Waals surface area (Å²) in [6, 6.07) is 5.92. The largest absolute Gasteiger partial charge is 0.411 e. The van der Waals surface area contributed by atoms with Crippen molar-refractivity contribution in [3.8, 4) is 5.75 Å². The molecule has 1 rings (SSSR count). The van der Waals surface area contributed by atoms with Gasteiger partial charge in [0.05, 0.1) is 8.07 Å². The number of amides is 1. The molecule has 0 heterocycles. The van der Waals surface area contributed by atoms with Crippen LogP contribution in [0, 0.1) is 6.92 Å². The van der Waals surface area contributed by atoms with Crippen molar-refractivity contribution in [1.82, 2.24) is 4.98 Å². The standard InChI is InChI=1S/C14H25NO2Si2/c1-11-8-9-12(10-13(11)18(2,3)4)17-14(16)15-19(5,6)7/h8-10H,1-7H3,(H,15,16). The van der Waals surface area contributed by atoms with E-state index < -0.39 is 16.3 Å². The minimum atomic E-state index is -1.65. The van der Waals surface area contributed by atoms with Crippen molar-refractivity contribution in [2.45, 2.75) is 46.2 Å². The van der Waals surface area contributed by atoms with Gasteiger partial charge in [0.2, 0.25) is 0 Å². The molecule has 0 atom stereocenters. The zero-order chi connectivity index (χ0) is 14.8. The van der Waals surface area contributed by atoms with Crippen molar-refractivity contribution in [1.29, 1.82) is 0 Å². The van der Waals surface area contributed by atoms with Crippen molar-refractivity contribution in [2.24, 2.45) is 0 Å². The summed E-state index contributed by atoms with van der Waals surface area (Å²) in [5.74, 6) is 0.638. The molecule has 0 spiro atoms. The highest BCUT2D eigenvalue weighted by atomic mass is 28.3. The number of benzene rings is 1. The second-order valence-electron chi connectivity index (χ2n) is 6.99. The van der Waals surface area contributed by atoms with E-state index in [0.717, 1.165) is 0 Å². The minimum absolute atomic E-state index is 0.343. The maximum absolute atomic E-state index is 11.8. The zero-order valence-electron chi connectivity index (χ0n) is 13.0. The Bertz CT molecular complexity index is 473. The quantitative estimate of drug-likeness (QED) is 0.867. The van der Waals surface area contributed by atoms with E-state index in [2.05, 4.69) is 51.2 Å². The number of nitrogens with one attached hydrogen (secondary N) is 1. The van der Waals surface area contributed by atoms with Crippen LogP contribution in [0.3, 0.4) is 0 Å². The van der Waals surface area contributed by atoms with E-state index in [0.29, 0.717) is 5.75 Å². The third-order valence-corrected chi connectivity index (χ3v) is 5.81. The molecule has 1 N–H and O–H groups in total. The molecule has 0 fully saturated rings. The Kier molecular flexibility index (Phi) is 4.63. The number of aryl methyl sites for hydroxylation is 1. The van der Waals surface area contributed by atoms with Crippen LogP contribution in [0.2, 0.25) is 39.3 Å². The Labute approximate surface area is 118 Å². The monoisotopic (exact) mass is 295 g/mol. The average molecular weight is 296 g/mol. The molecule has 0 aromatic heterocycles. The summed E-state index contributed by atoms with van der Waals surface area (Å²) in [5, 5.41) is 1.34. The molecule has 0 aliphatic carbocycles. The van der Waals surface area contributed by atoms with Gasteiger partial charge in [0.15, 0.2) is 8.24 Å². The molecule has 0 saturated heterocycles. The molecule has 0 unspecified atom stereocenters. The van der Waals surface area contributed by atoms with Gasteiger partial charge < -0.3 is 9.72 Å². The maximum Gasteiger partial charge on any atom is 0.404 e. The predicted octanol–water partition coefficient (Wildman–Crippen LogP) is 3.46. The summed E-state index contributed by atoms with van der Waals surface area (Å²) < 4.78 is 5.39. The van der Waals surface area contributed by atoms with Gasteiger partial charge in [-0.25, -0.2) is 4.79 Å². The summed E-state index contributed by atoms with van der Waals surface area (Å²) in [6.45, 7) is 15.2. The predicted molar refractivity (Wildman–Crippen MR) is 86.7 cm³/mol. The minimum Gasteiger partial charge on any atom is -0.411 e. The Morgan fingerprint density at radius 1 is 1.11 bits per heavy atom. The highest BCUT2D eigenvalue weighted by Gasteiger charge is 2.21. The molecular formula is C14H25NO2Si2.